The number of aromatic nitrogens is 2. The molecule has 0 saturated carbocycles. The van der Waals surface area contributed by atoms with Crippen molar-refractivity contribution < 1.29 is 9.47 Å². The van der Waals surface area contributed by atoms with Crippen molar-refractivity contribution in [1.29, 1.82) is 0 Å². The number of hydrogen-bond donors (Lipinski definition) is 1. The number of nitrogens with zero attached hydrogens (tertiary/aromatic N) is 1. The second kappa shape index (κ2) is 6.42. The molecule has 0 fully saturated rings. The average molecular weight is 438 g/mol. The molecule has 7 aromatic rings. The first kappa shape index (κ1) is 17.8. The van der Waals surface area contributed by atoms with E-state index in [1.165, 1.54) is 16.2 Å². The van der Waals surface area contributed by atoms with Crippen LogP contribution in [0.15, 0.2) is 103 Å². The molecule has 0 unspecified atom stereocenters. The summed E-state index contributed by atoms with van der Waals surface area (Å²) >= 11 is 0. The lowest BCUT2D eigenvalue weighted by Crippen LogP contribution is -2.01. The highest BCUT2D eigenvalue weighted by Gasteiger charge is 2.26. The normalized spacial score (nSPS) is 12.6. The molecule has 0 aliphatic carbocycles. The summed E-state index contributed by atoms with van der Waals surface area (Å²) in [5.74, 6) is 2.91. The number of hydrogen-bond acceptors (Lipinski definition) is 2. The molecular weight excluding hydrogens is 420 g/mol. The van der Waals surface area contributed by atoms with E-state index in [0.717, 1.165) is 56.1 Å². The number of benzene rings is 5. The maximum atomic E-state index is 6.50. The SMILES string of the molecule is c1ccc(-n2c3ccc4c5ccccc5[nH]c4c3c3ccc4c(c32)Oc2ccccc2O4)cc1. The Hall–Kier alpha value is -4.70. The maximum absolute atomic E-state index is 6.50. The van der Waals surface area contributed by atoms with Gasteiger partial charge in [-0.1, -0.05) is 54.6 Å². The zero-order valence-corrected chi connectivity index (χ0v) is 18.1. The van der Waals surface area contributed by atoms with Gasteiger partial charge in [-0.25, -0.2) is 0 Å². The molecule has 3 heterocycles. The molecule has 8 rings (SSSR count). The third-order valence-electron chi connectivity index (χ3n) is 6.78. The fourth-order valence-corrected chi connectivity index (χ4v) is 5.33. The van der Waals surface area contributed by atoms with Crippen LogP contribution in [0.2, 0.25) is 0 Å². The predicted molar refractivity (Wildman–Crippen MR) is 137 cm³/mol. The van der Waals surface area contributed by atoms with E-state index in [9.17, 15) is 0 Å². The lowest BCUT2D eigenvalue weighted by Gasteiger charge is -2.22. The van der Waals surface area contributed by atoms with Crippen LogP contribution in [0.4, 0.5) is 0 Å². The van der Waals surface area contributed by atoms with Gasteiger partial charge in [0.25, 0.3) is 0 Å². The smallest absolute Gasteiger partial charge is 0.194 e. The topological polar surface area (TPSA) is 39.2 Å². The van der Waals surface area contributed by atoms with E-state index in [0.29, 0.717) is 0 Å². The Morgan fingerprint density at radius 2 is 1.29 bits per heavy atom. The maximum Gasteiger partial charge on any atom is 0.194 e. The molecule has 1 N–H and O–H groups in total. The molecule has 0 bridgehead atoms. The molecule has 0 spiro atoms. The van der Waals surface area contributed by atoms with Crippen molar-refractivity contribution in [2.24, 2.45) is 0 Å². The molecule has 1 aliphatic heterocycles. The third-order valence-corrected chi connectivity index (χ3v) is 6.78. The number of fused-ring (bicyclic) bond motifs is 10. The summed E-state index contributed by atoms with van der Waals surface area (Å²) in [7, 11) is 0. The van der Waals surface area contributed by atoms with Gasteiger partial charge in [0, 0.05) is 32.7 Å². The van der Waals surface area contributed by atoms with Gasteiger partial charge < -0.3 is 19.0 Å². The second-order valence-corrected chi connectivity index (χ2v) is 8.66. The van der Waals surface area contributed by atoms with Crippen LogP contribution in [0.1, 0.15) is 0 Å². The number of rotatable bonds is 1. The van der Waals surface area contributed by atoms with Crippen molar-refractivity contribution in [1.82, 2.24) is 9.55 Å². The van der Waals surface area contributed by atoms with Gasteiger partial charge in [-0.05, 0) is 48.5 Å². The minimum atomic E-state index is 0.721. The van der Waals surface area contributed by atoms with Crippen LogP contribution in [0.25, 0.3) is 49.3 Å². The van der Waals surface area contributed by atoms with Crippen LogP contribution in [0, 0.1) is 0 Å². The second-order valence-electron chi connectivity index (χ2n) is 8.66. The van der Waals surface area contributed by atoms with E-state index < -0.39 is 0 Å². The zero-order valence-electron chi connectivity index (χ0n) is 18.1. The fraction of sp³-hybridized carbons (Fsp3) is 0. The lowest BCUT2D eigenvalue weighted by molar-refractivity contribution is 0.362. The highest BCUT2D eigenvalue weighted by molar-refractivity contribution is 6.26. The van der Waals surface area contributed by atoms with E-state index in [-0.39, 0.29) is 0 Å². The summed E-state index contributed by atoms with van der Waals surface area (Å²) in [6.07, 6.45) is 0. The van der Waals surface area contributed by atoms with E-state index in [4.69, 9.17) is 9.47 Å². The van der Waals surface area contributed by atoms with Crippen LogP contribution < -0.4 is 9.47 Å². The standard InChI is InChI=1S/C30H18N2O2/c1-2-8-18(9-3-1)32-23-16-14-20-19-10-4-5-11-22(19)31-28(20)27(23)21-15-17-26-30(29(21)32)34-25-13-7-6-12-24(25)33-26/h1-17,31H. The van der Waals surface area contributed by atoms with Gasteiger partial charge in [-0.15, -0.1) is 0 Å². The van der Waals surface area contributed by atoms with Crippen molar-refractivity contribution in [3.05, 3.63) is 103 Å². The predicted octanol–water partition coefficient (Wildman–Crippen LogP) is 8.32. The van der Waals surface area contributed by atoms with Crippen LogP contribution in [0.3, 0.4) is 0 Å². The van der Waals surface area contributed by atoms with Crippen LogP contribution >= 0.6 is 0 Å². The van der Waals surface area contributed by atoms with Crippen molar-refractivity contribution >= 4 is 43.6 Å². The summed E-state index contributed by atoms with van der Waals surface area (Å²) in [5.41, 5.74) is 5.47. The van der Waals surface area contributed by atoms with Gasteiger partial charge in [0.15, 0.2) is 23.0 Å². The van der Waals surface area contributed by atoms with E-state index in [1.54, 1.807) is 0 Å². The summed E-state index contributed by atoms with van der Waals surface area (Å²) in [6.45, 7) is 0. The molecule has 0 atom stereocenters. The number of aromatic amines is 1. The monoisotopic (exact) mass is 438 g/mol. The molecule has 0 saturated heterocycles. The molecule has 2 aromatic heterocycles. The number of para-hydroxylation sites is 4. The number of H-pyrrole nitrogens is 1. The van der Waals surface area contributed by atoms with Crippen molar-refractivity contribution in [3.8, 4) is 28.7 Å². The third kappa shape index (κ3) is 2.27. The van der Waals surface area contributed by atoms with Crippen LogP contribution in [-0.4, -0.2) is 9.55 Å². The Kier molecular flexibility index (Phi) is 3.36. The first-order valence-corrected chi connectivity index (χ1v) is 11.4. The van der Waals surface area contributed by atoms with Gasteiger partial charge in [-0.3, -0.25) is 0 Å². The van der Waals surface area contributed by atoms with E-state index in [2.05, 4.69) is 76.3 Å². The Balaban J connectivity index is 1.57. The van der Waals surface area contributed by atoms with Gasteiger partial charge in [0.2, 0.25) is 0 Å². The molecule has 4 heteroatoms. The van der Waals surface area contributed by atoms with Crippen LogP contribution in [0.5, 0.6) is 23.0 Å². The minimum absolute atomic E-state index is 0.721. The minimum Gasteiger partial charge on any atom is -0.449 e. The zero-order chi connectivity index (χ0) is 22.2. The Morgan fingerprint density at radius 1 is 0.559 bits per heavy atom. The van der Waals surface area contributed by atoms with Gasteiger partial charge >= 0.3 is 0 Å². The summed E-state index contributed by atoms with van der Waals surface area (Å²) in [4.78, 5) is 3.69. The van der Waals surface area contributed by atoms with Gasteiger partial charge in [-0.2, -0.15) is 0 Å². The molecule has 5 aromatic carbocycles. The molecule has 1 aliphatic rings. The molecule has 0 amide bonds. The van der Waals surface area contributed by atoms with E-state index >= 15 is 0 Å². The Morgan fingerprint density at radius 3 is 2.18 bits per heavy atom. The first-order valence-electron chi connectivity index (χ1n) is 11.4. The fourth-order valence-electron chi connectivity index (χ4n) is 5.33. The van der Waals surface area contributed by atoms with Crippen LogP contribution in [-0.2, 0) is 0 Å². The molecular formula is C30H18N2O2. The van der Waals surface area contributed by atoms with Crippen molar-refractivity contribution in [3.63, 3.8) is 0 Å². The Labute approximate surface area is 194 Å². The molecule has 160 valence electrons. The number of ether oxygens (including phenoxy) is 2. The molecule has 34 heavy (non-hydrogen) atoms. The van der Waals surface area contributed by atoms with Crippen molar-refractivity contribution in [2.45, 2.75) is 0 Å². The number of nitrogens with one attached hydrogen (secondary N) is 1. The van der Waals surface area contributed by atoms with Crippen molar-refractivity contribution in [2.75, 3.05) is 0 Å². The summed E-state index contributed by atoms with van der Waals surface area (Å²) in [5, 5.41) is 4.75. The highest BCUT2D eigenvalue weighted by Crippen LogP contribution is 2.51. The summed E-state index contributed by atoms with van der Waals surface area (Å²) < 4.78 is 15.0. The quantitative estimate of drug-likeness (QED) is 0.280. The molecule has 4 nitrogen and oxygen atoms in total. The molecule has 0 radical (unpaired) electrons. The Bertz CT molecular complexity index is 1910. The average Bonchev–Trinajstić information content (AvgIpc) is 3.44. The lowest BCUT2D eigenvalue weighted by atomic mass is 10.1. The van der Waals surface area contributed by atoms with Gasteiger partial charge in [0.1, 0.15) is 5.52 Å². The highest BCUT2D eigenvalue weighted by atomic mass is 16.6. The van der Waals surface area contributed by atoms with E-state index in [1.807, 2.05) is 36.4 Å². The first-order chi connectivity index (χ1) is 16.9. The summed E-state index contributed by atoms with van der Waals surface area (Å²) in [6, 6.07) is 35.3. The van der Waals surface area contributed by atoms with Gasteiger partial charge in [0.05, 0.1) is 11.0 Å². The largest absolute Gasteiger partial charge is 0.449 e.